The molecule has 0 heterocycles. The Bertz CT molecular complexity index is 334. The van der Waals surface area contributed by atoms with E-state index in [1.165, 1.54) is 25.7 Å². The normalized spacial score (nSPS) is 16.5. The molecule has 0 radical (unpaired) electrons. The summed E-state index contributed by atoms with van der Waals surface area (Å²) in [4.78, 5) is 19.1. The lowest BCUT2D eigenvalue weighted by atomic mass is 10.3. The number of ether oxygens (including phenoxy) is 1. The van der Waals surface area contributed by atoms with Gasteiger partial charge >= 0.3 is 11.9 Å². The van der Waals surface area contributed by atoms with Gasteiger partial charge in [-0.2, -0.15) is 0 Å². The Morgan fingerprint density at radius 3 is 2.09 bits per heavy atom. The van der Waals surface area contributed by atoms with E-state index in [0.29, 0.717) is 37.4 Å². The van der Waals surface area contributed by atoms with E-state index in [4.69, 9.17) is 14.9 Å². The van der Waals surface area contributed by atoms with Gasteiger partial charge in [0.15, 0.2) is 0 Å². The molecule has 0 saturated heterocycles. The molecule has 0 aromatic carbocycles. The zero-order valence-electron chi connectivity index (χ0n) is 13.2. The monoisotopic (exact) mass is 317 g/mol. The van der Waals surface area contributed by atoms with Gasteiger partial charge in [0.2, 0.25) is 0 Å². The van der Waals surface area contributed by atoms with Crippen LogP contribution in [0.25, 0.3) is 0 Å². The third-order valence-corrected chi connectivity index (χ3v) is 2.96. The molecule has 1 rings (SSSR count). The molecule has 0 aromatic heterocycles. The molecule has 1 aliphatic rings. The first-order chi connectivity index (χ1) is 10.3. The molecule has 1 fully saturated rings. The smallest absolute Gasteiger partial charge is 0.328 e. The summed E-state index contributed by atoms with van der Waals surface area (Å²) in [6.45, 7) is 5.25. The quantitative estimate of drug-likeness (QED) is 0.494. The van der Waals surface area contributed by atoms with Crippen LogP contribution >= 0.6 is 0 Å². The molecule has 0 amide bonds. The summed E-state index contributed by atoms with van der Waals surface area (Å²) in [7, 11) is 0. The standard InChI is InChI=1S/C11H23NO2.C4H4O4/c1-9(2)12-7-10(13)8-14-11-5-3-4-6-11;5-3(6)1-2-4(7)8/h9-13H,3-8H2,1-2H3;1-2H,(H,5,6)(H,7,8)/b;2-1+. The van der Waals surface area contributed by atoms with E-state index in [0.717, 1.165) is 0 Å². The van der Waals surface area contributed by atoms with E-state index in [9.17, 15) is 14.7 Å². The number of aliphatic hydroxyl groups is 1. The number of carbonyl (C=O) groups is 2. The highest BCUT2D eigenvalue weighted by atomic mass is 16.5. The fraction of sp³-hybridized carbons (Fsp3) is 0.733. The zero-order valence-corrected chi connectivity index (χ0v) is 13.2. The van der Waals surface area contributed by atoms with Crippen molar-refractivity contribution < 1.29 is 29.6 Å². The van der Waals surface area contributed by atoms with Crippen molar-refractivity contribution >= 4 is 11.9 Å². The summed E-state index contributed by atoms with van der Waals surface area (Å²) >= 11 is 0. The van der Waals surface area contributed by atoms with E-state index >= 15 is 0 Å². The maximum atomic E-state index is 9.57. The van der Waals surface area contributed by atoms with Gasteiger partial charge in [-0.15, -0.1) is 0 Å². The molecule has 4 N–H and O–H groups in total. The molecular weight excluding hydrogens is 290 g/mol. The molecule has 7 heteroatoms. The summed E-state index contributed by atoms with van der Waals surface area (Å²) in [5.41, 5.74) is 0. The third kappa shape index (κ3) is 13.5. The van der Waals surface area contributed by atoms with Crippen molar-refractivity contribution in [2.75, 3.05) is 13.2 Å². The minimum Gasteiger partial charge on any atom is -0.478 e. The molecule has 0 aliphatic heterocycles. The topological polar surface area (TPSA) is 116 Å². The number of hydrogen-bond donors (Lipinski definition) is 4. The average Bonchev–Trinajstić information content (AvgIpc) is 2.94. The third-order valence-electron chi connectivity index (χ3n) is 2.96. The predicted molar refractivity (Wildman–Crippen MR) is 81.8 cm³/mol. The molecule has 1 unspecified atom stereocenters. The van der Waals surface area contributed by atoms with Gasteiger partial charge in [0.1, 0.15) is 0 Å². The Balaban J connectivity index is 0.000000472. The van der Waals surface area contributed by atoms with Crippen LogP contribution in [0.15, 0.2) is 12.2 Å². The van der Waals surface area contributed by atoms with Crippen molar-refractivity contribution in [1.82, 2.24) is 5.32 Å². The molecule has 7 nitrogen and oxygen atoms in total. The lowest BCUT2D eigenvalue weighted by Gasteiger charge is -2.17. The summed E-state index contributed by atoms with van der Waals surface area (Å²) in [6.07, 6.45) is 6.07. The van der Waals surface area contributed by atoms with Crippen LogP contribution in [0.1, 0.15) is 39.5 Å². The highest BCUT2D eigenvalue weighted by molar-refractivity contribution is 5.89. The largest absolute Gasteiger partial charge is 0.478 e. The van der Waals surface area contributed by atoms with Crippen LogP contribution < -0.4 is 5.32 Å². The maximum absolute atomic E-state index is 9.57. The second kappa shape index (κ2) is 12.1. The van der Waals surface area contributed by atoms with Crippen molar-refractivity contribution in [3.63, 3.8) is 0 Å². The van der Waals surface area contributed by atoms with Gasteiger partial charge in [-0.05, 0) is 12.8 Å². The Morgan fingerprint density at radius 2 is 1.68 bits per heavy atom. The fourth-order valence-electron chi connectivity index (χ4n) is 1.88. The van der Waals surface area contributed by atoms with Gasteiger partial charge < -0.3 is 25.4 Å². The summed E-state index contributed by atoms with van der Waals surface area (Å²) in [5.74, 6) is -2.51. The second-order valence-corrected chi connectivity index (χ2v) is 5.47. The van der Waals surface area contributed by atoms with Gasteiger partial charge in [0, 0.05) is 24.7 Å². The number of carboxylic acid groups (broad SMARTS) is 2. The summed E-state index contributed by atoms with van der Waals surface area (Å²) < 4.78 is 5.61. The molecule has 1 saturated carbocycles. The highest BCUT2D eigenvalue weighted by Gasteiger charge is 2.16. The molecule has 128 valence electrons. The SMILES string of the molecule is CC(C)NCC(O)COC1CCCC1.O=C(O)/C=C/C(=O)O. The number of rotatable bonds is 8. The Hall–Kier alpha value is -1.44. The first kappa shape index (κ1) is 20.6. The van der Waals surface area contributed by atoms with E-state index in [1.807, 2.05) is 0 Å². The van der Waals surface area contributed by atoms with Crippen LogP contribution in [0.5, 0.6) is 0 Å². The van der Waals surface area contributed by atoms with Crippen LogP contribution in [-0.4, -0.2) is 58.7 Å². The van der Waals surface area contributed by atoms with Crippen molar-refractivity contribution in [3.8, 4) is 0 Å². The molecule has 1 aliphatic carbocycles. The van der Waals surface area contributed by atoms with Crippen LogP contribution in [0.2, 0.25) is 0 Å². The second-order valence-electron chi connectivity index (χ2n) is 5.47. The van der Waals surface area contributed by atoms with E-state index in [1.54, 1.807) is 0 Å². The molecule has 22 heavy (non-hydrogen) atoms. The van der Waals surface area contributed by atoms with Gasteiger partial charge in [-0.1, -0.05) is 26.7 Å². The first-order valence-corrected chi connectivity index (χ1v) is 7.48. The zero-order chi connectivity index (χ0) is 17.0. The predicted octanol–water partition coefficient (Wildman–Crippen LogP) is 1.02. The maximum Gasteiger partial charge on any atom is 0.328 e. The average molecular weight is 317 g/mol. The number of nitrogens with one attached hydrogen (secondary N) is 1. The van der Waals surface area contributed by atoms with Gasteiger partial charge in [0.25, 0.3) is 0 Å². The van der Waals surface area contributed by atoms with Gasteiger partial charge in [0.05, 0.1) is 18.8 Å². The number of aliphatic hydroxyl groups excluding tert-OH is 1. The van der Waals surface area contributed by atoms with Crippen LogP contribution in [-0.2, 0) is 14.3 Å². The number of aliphatic carboxylic acids is 2. The van der Waals surface area contributed by atoms with Gasteiger partial charge in [-0.25, -0.2) is 9.59 Å². The number of hydrogen-bond acceptors (Lipinski definition) is 5. The molecular formula is C15H27NO6. The Kier molecular flexibility index (Phi) is 11.3. The van der Waals surface area contributed by atoms with Crippen molar-refractivity contribution in [2.45, 2.75) is 57.8 Å². The summed E-state index contributed by atoms with van der Waals surface area (Å²) in [5, 5.41) is 28.4. The number of carboxylic acids is 2. The van der Waals surface area contributed by atoms with Gasteiger partial charge in [-0.3, -0.25) is 0 Å². The molecule has 0 spiro atoms. The van der Waals surface area contributed by atoms with Crippen molar-refractivity contribution in [3.05, 3.63) is 12.2 Å². The van der Waals surface area contributed by atoms with E-state index < -0.39 is 11.9 Å². The Labute approximate surface area is 131 Å². The lowest BCUT2D eigenvalue weighted by molar-refractivity contribution is -0.134. The minimum atomic E-state index is -1.26. The first-order valence-electron chi connectivity index (χ1n) is 7.48. The minimum absolute atomic E-state index is 0.363. The highest BCUT2D eigenvalue weighted by Crippen LogP contribution is 2.20. The Morgan fingerprint density at radius 1 is 1.18 bits per heavy atom. The van der Waals surface area contributed by atoms with E-state index in [2.05, 4.69) is 19.2 Å². The van der Waals surface area contributed by atoms with Crippen molar-refractivity contribution in [1.29, 1.82) is 0 Å². The molecule has 1 atom stereocenters. The molecule has 0 aromatic rings. The van der Waals surface area contributed by atoms with E-state index in [-0.39, 0.29) is 6.10 Å². The van der Waals surface area contributed by atoms with Crippen LogP contribution in [0.4, 0.5) is 0 Å². The fourth-order valence-corrected chi connectivity index (χ4v) is 1.88. The lowest BCUT2D eigenvalue weighted by Crippen LogP contribution is -2.35. The van der Waals surface area contributed by atoms with Crippen molar-refractivity contribution in [2.24, 2.45) is 0 Å². The summed E-state index contributed by atoms with van der Waals surface area (Å²) in [6, 6.07) is 0.427. The van der Waals surface area contributed by atoms with Crippen LogP contribution in [0, 0.1) is 0 Å². The van der Waals surface area contributed by atoms with Crippen LogP contribution in [0.3, 0.4) is 0 Å². The molecule has 0 bridgehead atoms.